The highest BCUT2D eigenvalue weighted by Gasteiger charge is 2.27. The first kappa shape index (κ1) is 27.0. The number of ether oxygens (including phenoxy) is 1. The van der Waals surface area contributed by atoms with Crippen molar-refractivity contribution in [3.05, 3.63) is 47.8 Å². The third-order valence-corrected chi connectivity index (χ3v) is 6.42. The number of hydrogen-bond donors (Lipinski definition) is 2. The minimum Gasteiger partial charge on any atom is -0.379 e. The topological polar surface area (TPSA) is 53.2 Å². The van der Waals surface area contributed by atoms with Gasteiger partial charge in [-0.1, -0.05) is 70.7 Å². The first-order valence-corrected chi connectivity index (χ1v) is 12.3. The molecule has 0 amide bonds. The maximum Gasteiger partial charge on any atom is 0.111 e. The van der Waals surface area contributed by atoms with Crippen molar-refractivity contribution >= 4 is 29.3 Å². The van der Waals surface area contributed by atoms with Gasteiger partial charge in [-0.3, -0.25) is 5.10 Å². The van der Waals surface area contributed by atoms with Gasteiger partial charge in [-0.15, -0.1) is 0 Å². The molecular formula is C23H39ClN4OS. The van der Waals surface area contributed by atoms with E-state index in [1.54, 1.807) is 24.3 Å². The molecule has 1 aromatic heterocycles. The lowest BCUT2D eigenvalue weighted by molar-refractivity contribution is 0.0768. The molecule has 0 unspecified atom stereocenters. The highest BCUT2D eigenvalue weighted by Crippen LogP contribution is 2.38. The van der Waals surface area contributed by atoms with E-state index < -0.39 is 0 Å². The third-order valence-electron chi connectivity index (χ3n) is 4.98. The number of halogens is 1. The van der Waals surface area contributed by atoms with Crippen LogP contribution in [0, 0.1) is 0 Å². The van der Waals surface area contributed by atoms with Gasteiger partial charge < -0.3 is 4.74 Å². The molecule has 5 nitrogen and oxygen atoms in total. The highest BCUT2D eigenvalue weighted by molar-refractivity contribution is 7.95. The number of allylic oxidation sites excluding steroid dienone is 4. The van der Waals surface area contributed by atoms with E-state index in [9.17, 15) is 0 Å². The van der Waals surface area contributed by atoms with Gasteiger partial charge in [-0.25, -0.2) is 9.03 Å². The van der Waals surface area contributed by atoms with Crippen molar-refractivity contribution < 1.29 is 4.74 Å². The number of hydrogen-bond acceptors (Lipinski definition) is 5. The van der Waals surface area contributed by atoms with E-state index in [4.69, 9.17) is 16.3 Å². The summed E-state index contributed by atoms with van der Waals surface area (Å²) in [4.78, 5) is 0. The number of morpholine rings is 1. The van der Waals surface area contributed by atoms with Gasteiger partial charge in [0.05, 0.1) is 23.9 Å². The van der Waals surface area contributed by atoms with E-state index in [0.29, 0.717) is 12.0 Å². The van der Waals surface area contributed by atoms with Crippen molar-refractivity contribution in [2.24, 2.45) is 0 Å². The zero-order chi connectivity index (χ0) is 22.4. The van der Waals surface area contributed by atoms with Gasteiger partial charge in [0.15, 0.2) is 0 Å². The Morgan fingerprint density at radius 3 is 2.37 bits per heavy atom. The molecule has 1 aromatic rings. The van der Waals surface area contributed by atoms with Gasteiger partial charge in [-0.05, 0) is 25.7 Å². The number of aromatic nitrogens is 2. The molecule has 0 atom stereocenters. The van der Waals surface area contributed by atoms with Crippen LogP contribution in [-0.4, -0.2) is 46.8 Å². The fourth-order valence-electron chi connectivity index (χ4n) is 3.46. The summed E-state index contributed by atoms with van der Waals surface area (Å²) in [6, 6.07) is 0.546. The zero-order valence-electron chi connectivity index (χ0n) is 19.0. The van der Waals surface area contributed by atoms with Crippen molar-refractivity contribution in [2.75, 3.05) is 26.3 Å². The quantitative estimate of drug-likeness (QED) is 0.369. The van der Waals surface area contributed by atoms with Gasteiger partial charge in [0, 0.05) is 42.8 Å². The molecule has 2 heterocycles. The lowest BCUT2D eigenvalue weighted by atomic mass is 9.84. The fourth-order valence-corrected chi connectivity index (χ4v) is 4.67. The summed E-state index contributed by atoms with van der Waals surface area (Å²) in [5, 5.41) is 8.30. The SMILES string of the molecule is C=C/C=C(\C=C)c1n[nH]c(C2CCC(NSN3CCOCC3)CC2)c1Cl.CC.CC. The smallest absolute Gasteiger partial charge is 0.111 e. The summed E-state index contributed by atoms with van der Waals surface area (Å²) >= 11 is 8.36. The van der Waals surface area contributed by atoms with E-state index in [1.807, 2.05) is 33.8 Å². The van der Waals surface area contributed by atoms with Crippen LogP contribution in [0.25, 0.3) is 5.57 Å². The van der Waals surface area contributed by atoms with Crippen molar-refractivity contribution in [3.8, 4) is 0 Å². The molecule has 0 bridgehead atoms. The Kier molecular flexibility index (Phi) is 14.1. The Morgan fingerprint density at radius 1 is 1.17 bits per heavy atom. The lowest BCUT2D eigenvalue weighted by Crippen LogP contribution is -2.37. The predicted octanol–water partition coefficient (Wildman–Crippen LogP) is 6.38. The second kappa shape index (κ2) is 15.7. The van der Waals surface area contributed by atoms with Crippen LogP contribution in [0.2, 0.25) is 5.02 Å². The Bertz CT molecular complexity index is 648. The van der Waals surface area contributed by atoms with Gasteiger partial charge in [-0.2, -0.15) is 5.10 Å². The first-order valence-electron chi connectivity index (χ1n) is 11.2. The number of nitrogens with one attached hydrogen (secondary N) is 2. The standard InChI is InChI=1S/C19H27ClN4OS.2C2H6/c1-3-5-14(4-2)18-17(20)19(22-21-18)15-6-8-16(9-7-15)23-26-24-10-12-25-13-11-24;2*1-2/h3-5,15-16,23H,1-2,6-13H2,(H,21,22);2*1-2H3/b14-5+;;. The molecule has 7 heteroatoms. The average molecular weight is 455 g/mol. The maximum atomic E-state index is 6.61. The van der Waals surface area contributed by atoms with Crippen LogP contribution in [0.3, 0.4) is 0 Å². The van der Waals surface area contributed by atoms with E-state index in [1.165, 1.54) is 0 Å². The van der Waals surface area contributed by atoms with E-state index in [0.717, 1.165) is 74.0 Å². The third kappa shape index (κ3) is 7.89. The number of nitrogens with zero attached hydrogens (tertiary/aromatic N) is 2. The number of H-pyrrole nitrogens is 1. The molecule has 1 saturated heterocycles. The second-order valence-electron chi connectivity index (χ2n) is 6.66. The molecule has 0 aromatic carbocycles. The summed E-state index contributed by atoms with van der Waals surface area (Å²) < 4.78 is 11.4. The molecule has 3 rings (SSSR count). The average Bonchev–Trinajstić information content (AvgIpc) is 3.21. The van der Waals surface area contributed by atoms with Crippen molar-refractivity contribution in [3.63, 3.8) is 0 Å². The van der Waals surface area contributed by atoms with E-state index in [-0.39, 0.29) is 0 Å². The minimum absolute atomic E-state index is 0.435. The summed E-state index contributed by atoms with van der Waals surface area (Å²) in [5.74, 6) is 0.435. The monoisotopic (exact) mass is 454 g/mol. The Labute approximate surface area is 192 Å². The molecule has 0 radical (unpaired) electrons. The number of rotatable bonds is 7. The molecule has 2 N–H and O–H groups in total. The van der Waals surface area contributed by atoms with Crippen LogP contribution in [0.5, 0.6) is 0 Å². The van der Waals surface area contributed by atoms with Crippen LogP contribution in [0.4, 0.5) is 0 Å². The molecular weight excluding hydrogens is 416 g/mol. The van der Waals surface area contributed by atoms with E-state index in [2.05, 4.69) is 32.4 Å². The van der Waals surface area contributed by atoms with Gasteiger partial charge in [0.1, 0.15) is 5.69 Å². The van der Waals surface area contributed by atoms with Crippen LogP contribution in [0.15, 0.2) is 31.4 Å². The van der Waals surface area contributed by atoms with E-state index >= 15 is 0 Å². The second-order valence-corrected chi connectivity index (χ2v) is 7.97. The summed E-state index contributed by atoms with van der Waals surface area (Å²) in [7, 11) is 0. The zero-order valence-corrected chi connectivity index (χ0v) is 20.6. The largest absolute Gasteiger partial charge is 0.379 e. The Morgan fingerprint density at radius 2 is 1.80 bits per heavy atom. The van der Waals surface area contributed by atoms with Crippen molar-refractivity contribution in [1.29, 1.82) is 0 Å². The number of aromatic amines is 1. The van der Waals surface area contributed by atoms with Crippen LogP contribution >= 0.6 is 23.7 Å². The van der Waals surface area contributed by atoms with Crippen molar-refractivity contribution in [1.82, 2.24) is 19.2 Å². The molecule has 2 fully saturated rings. The normalized spacial score (nSPS) is 22.2. The highest BCUT2D eigenvalue weighted by atomic mass is 35.5. The Balaban J connectivity index is 0.00000106. The molecule has 0 spiro atoms. The minimum atomic E-state index is 0.435. The first-order chi connectivity index (χ1) is 14.7. The van der Waals surface area contributed by atoms with Crippen LogP contribution < -0.4 is 4.72 Å². The molecule has 30 heavy (non-hydrogen) atoms. The predicted molar refractivity (Wildman–Crippen MR) is 133 cm³/mol. The molecule has 1 saturated carbocycles. The summed E-state index contributed by atoms with van der Waals surface area (Å²) in [6.07, 6.45) is 9.87. The molecule has 2 aliphatic rings. The maximum absolute atomic E-state index is 6.61. The van der Waals surface area contributed by atoms with Crippen LogP contribution in [-0.2, 0) is 4.74 Å². The van der Waals surface area contributed by atoms with Crippen molar-refractivity contribution in [2.45, 2.75) is 65.3 Å². The summed E-state index contributed by atoms with van der Waals surface area (Å²) in [6.45, 7) is 19.2. The lowest BCUT2D eigenvalue weighted by Gasteiger charge is -2.31. The molecule has 1 aliphatic heterocycles. The van der Waals surface area contributed by atoms with Crippen LogP contribution in [0.1, 0.15) is 70.7 Å². The van der Waals surface area contributed by atoms with Gasteiger partial charge >= 0.3 is 0 Å². The fraction of sp³-hybridized carbons (Fsp3) is 0.609. The van der Waals surface area contributed by atoms with Gasteiger partial charge in [0.25, 0.3) is 0 Å². The molecule has 170 valence electrons. The summed E-state index contributed by atoms with van der Waals surface area (Å²) in [5.41, 5.74) is 2.71. The molecule has 1 aliphatic carbocycles. The Hall–Kier alpha value is -1.05. The van der Waals surface area contributed by atoms with Gasteiger partial charge in [0.2, 0.25) is 0 Å².